The summed E-state index contributed by atoms with van der Waals surface area (Å²) < 4.78 is 0. The van der Waals surface area contributed by atoms with Gasteiger partial charge in [-0.15, -0.1) is 0 Å². The van der Waals surface area contributed by atoms with Gasteiger partial charge in [-0.25, -0.2) is 0 Å². The molecule has 0 heterocycles. The van der Waals surface area contributed by atoms with E-state index in [2.05, 4.69) is 20.8 Å². The van der Waals surface area contributed by atoms with Crippen molar-refractivity contribution in [3.63, 3.8) is 0 Å². The van der Waals surface area contributed by atoms with Gasteiger partial charge in [0.1, 0.15) is 5.78 Å². The van der Waals surface area contributed by atoms with Crippen LogP contribution < -0.4 is 0 Å². The van der Waals surface area contributed by atoms with Crippen molar-refractivity contribution in [1.29, 1.82) is 0 Å². The molecule has 0 bridgehead atoms. The number of ketones is 1. The van der Waals surface area contributed by atoms with Crippen LogP contribution in [0.15, 0.2) is 11.1 Å². The molecule has 2 aliphatic rings. The number of fused-ring (bicyclic) bond motifs is 1. The Morgan fingerprint density at radius 1 is 1.36 bits per heavy atom. The molecule has 0 unspecified atom stereocenters. The lowest BCUT2D eigenvalue weighted by Gasteiger charge is -2.37. The highest BCUT2D eigenvalue weighted by molar-refractivity contribution is 5.84. The van der Waals surface area contributed by atoms with Crippen molar-refractivity contribution in [2.75, 3.05) is 0 Å². The summed E-state index contributed by atoms with van der Waals surface area (Å²) in [5.41, 5.74) is 3.26. The van der Waals surface area contributed by atoms with Gasteiger partial charge < -0.3 is 0 Å². The van der Waals surface area contributed by atoms with Gasteiger partial charge in [-0.05, 0) is 44.9 Å². The molecule has 14 heavy (non-hydrogen) atoms. The number of hydrogen-bond donors (Lipinski definition) is 0. The molecule has 0 saturated heterocycles. The second-order valence-electron chi connectivity index (χ2n) is 5.31. The molecule has 0 aliphatic heterocycles. The maximum atomic E-state index is 11.8. The molecule has 2 saturated carbocycles. The first-order valence-electron chi connectivity index (χ1n) is 5.75. The van der Waals surface area contributed by atoms with Gasteiger partial charge in [-0.2, -0.15) is 0 Å². The Kier molecular flexibility index (Phi) is 2.29. The third-order valence-electron chi connectivity index (χ3n) is 4.25. The minimum Gasteiger partial charge on any atom is -0.299 e. The van der Waals surface area contributed by atoms with E-state index in [0.717, 1.165) is 25.7 Å². The molecular weight excluding hydrogens is 172 g/mol. The standard InChI is InChI=1S/C13H20O/c1-9(2)10-6-7-11-12(14)5-4-8-13(10,11)3/h11H,4-8H2,1-3H3/t11-,13+/m0/s1. The maximum absolute atomic E-state index is 11.8. The molecule has 2 fully saturated rings. The second kappa shape index (κ2) is 3.22. The van der Waals surface area contributed by atoms with Crippen molar-refractivity contribution in [3.05, 3.63) is 11.1 Å². The summed E-state index contributed by atoms with van der Waals surface area (Å²) in [6.07, 6.45) is 5.42. The van der Waals surface area contributed by atoms with E-state index in [4.69, 9.17) is 0 Å². The van der Waals surface area contributed by atoms with E-state index in [1.807, 2.05) is 0 Å². The Morgan fingerprint density at radius 3 is 2.71 bits per heavy atom. The van der Waals surface area contributed by atoms with Gasteiger partial charge in [0.25, 0.3) is 0 Å². The summed E-state index contributed by atoms with van der Waals surface area (Å²) in [5.74, 6) is 0.871. The minimum atomic E-state index is 0.230. The van der Waals surface area contributed by atoms with Crippen LogP contribution in [0.1, 0.15) is 52.9 Å². The largest absolute Gasteiger partial charge is 0.299 e. The van der Waals surface area contributed by atoms with E-state index < -0.39 is 0 Å². The van der Waals surface area contributed by atoms with E-state index in [1.54, 1.807) is 5.57 Å². The highest BCUT2D eigenvalue weighted by Crippen LogP contribution is 2.54. The Morgan fingerprint density at radius 2 is 2.07 bits per heavy atom. The minimum absolute atomic E-state index is 0.230. The Hall–Kier alpha value is -0.590. The smallest absolute Gasteiger partial charge is 0.136 e. The summed E-state index contributed by atoms with van der Waals surface area (Å²) in [7, 11) is 0. The van der Waals surface area contributed by atoms with E-state index in [9.17, 15) is 4.79 Å². The molecule has 0 aromatic rings. The van der Waals surface area contributed by atoms with Crippen molar-refractivity contribution in [3.8, 4) is 0 Å². The van der Waals surface area contributed by atoms with Gasteiger partial charge >= 0.3 is 0 Å². The van der Waals surface area contributed by atoms with Crippen LogP contribution in [0.4, 0.5) is 0 Å². The zero-order valence-corrected chi connectivity index (χ0v) is 9.52. The lowest BCUT2D eigenvalue weighted by Crippen LogP contribution is -2.34. The van der Waals surface area contributed by atoms with Crippen LogP contribution in [-0.2, 0) is 4.79 Å². The molecule has 2 rings (SSSR count). The predicted octanol–water partition coefficient (Wildman–Crippen LogP) is 3.49. The number of carbonyl (C=O) groups excluding carboxylic acids is 1. The molecule has 0 aromatic carbocycles. The van der Waals surface area contributed by atoms with E-state index in [-0.39, 0.29) is 5.41 Å². The Bertz CT molecular complexity index is 296. The van der Waals surface area contributed by atoms with Crippen molar-refractivity contribution in [2.45, 2.75) is 52.9 Å². The summed E-state index contributed by atoms with van der Waals surface area (Å²) in [6.45, 7) is 6.70. The highest BCUT2D eigenvalue weighted by atomic mass is 16.1. The van der Waals surface area contributed by atoms with E-state index in [0.29, 0.717) is 11.7 Å². The molecule has 0 amide bonds. The second-order valence-corrected chi connectivity index (χ2v) is 5.31. The number of rotatable bonds is 0. The molecule has 2 atom stereocenters. The summed E-state index contributed by atoms with van der Waals surface area (Å²) in [4.78, 5) is 11.8. The number of Topliss-reactive ketones (excluding diaryl/α,β-unsaturated/α-hetero) is 1. The zero-order chi connectivity index (χ0) is 10.3. The van der Waals surface area contributed by atoms with Gasteiger partial charge in [0.15, 0.2) is 0 Å². The fourth-order valence-corrected chi connectivity index (χ4v) is 3.57. The van der Waals surface area contributed by atoms with Crippen molar-refractivity contribution >= 4 is 5.78 Å². The molecule has 0 radical (unpaired) electrons. The fourth-order valence-electron chi connectivity index (χ4n) is 3.57. The zero-order valence-electron chi connectivity index (χ0n) is 9.52. The molecule has 0 N–H and O–H groups in total. The van der Waals surface area contributed by atoms with Crippen LogP contribution in [0.3, 0.4) is 0 Å². The van der Waals surface area contributed by atoms with Gasteiger partial charge in [0.05, 0.1) is 0 Å². The first kappa shape index (κ1) is 9.95. The first-order valence-corrected chi connectivity index (χ1v) is 5.75. The van der Waals surface area contributed by atoms with Crippen LogP contribution >= 0.6 is 0 Å². The third kappa shape index (κ3) is 1.25. The average molecular weight is 192 g/mol. The molecule has 78 valence electrons. The monoisotopic (exact) mass is 192 g/mol. The fraction of sp³-hybridized carbons (Fsp3) is 0.769. The molecule has 2 aliphatic carbocycles. The van der Waals surface area contributed by atoms with Crippen molar-refractivity contribution in [2.24, 2.45) is 11.3 Å². The summed E-state index contributed by atoms with van der Waals surface area (Å²) in [5, 5.41) is 0. The first-order chi connectivity index (χ1) is 6.55. The highest BCUT2D eigenvalue weighted by Gasteiger charge is 2.48. The Balaban J connectivity index is 2.39. The SMILES string of the molecule is CC(C)=C1CC[C@H]2C(=O)CCC[C@]12C. The normalized spacial score (nSPS) is 37.2. The van der Waals surface area contributed by atoms with E-state index >= 15 is 0 Å². The van der Waals surface area contributed by atoms with Gasteiger partial charge in [0.2, 0.25) is 0 Å². The number of carbonyl (C=O) groups is 1. The third-order valence-corrected chi connectivity index (χ3v) is 4.25. The van der Waals surface area contributed by atoms with Gasteiger partial charge in [0, 0.05) is 12.3 Å². The quantitative estimate of drug-likeness (QED) is 0.537. The van der Waals surface area contributed by atoms with Crippen LogP contribution in [0.2, 0.25) is 0 Å². The summed E-state index contributed by atoms with van der Waals surface area (Å²) >= 11 is 0. The van der Waals surface area contributed by atoms with Crippen molar-refractivity contribution in [1.82, 2.24) is 0 Å². The van der Waals surface area contributed by atoms with Gasteiger partial charge in [-0.3, -0.25) is 4.79 Å². The van der Waals surface area contributed by atoms with Crippen LogP contribution in [0.5, 0.6) is 0 Å². The molecule has 1 heteroatoms. The van der Waals surface area contributed by atoms with Crippen LogP contribution in [0, 0.1) is 11.3 Å². The Labute approximate surface area is 86.6 Å². The lowest BCUT2D eigenvalue weighted by molar-refractivity contribution is -0.127. The number of hydrogen-bond acceptors (Lipinski definition) is 1. The molecule has 0 aromatic heterocycles. The molecule has 0 spiro atoms. The van der Waals surface area contributed by atoms with E-state index in [1.165, 1.54) is 12.0 Å². The average Bonchev–Trinajstić information content (AvgIpc) is 2.43. The maximum Gasteiger partial charge on any atom is 0.136 e. The van der Waals surface area contributed by atoms with Crippen molar-refractivity contribution < 1.29 is 4.79 Å². The van der Waals surface area contributed by atoms with Crippen LogP contribution in [0.25, 0.3) is 0 Å². The number of allylic oxidation sites excluding steroid dienone is 2. The predicted molar refractivity (Wildman–Crippen MR) is 58.1 cm³/mol. The molecule has 1 nitrogen and oxygen atoms in total. The summed E-state index contributed by atoms with van der Waals surface area (Å²) in [6, 6.07) is 0. The molecular formula is C13H20O. The van der Waals surface area contributed by atoms with Crippen LogP contribution in [-0.4, -0.2) is 5.78 Å². The lowest BCUT2D eigenvalue weighted by atomic mass is 9.66. The van der Waals surface area contributed by atoms with Gasteiger partial charge in [-0.1, -0.05) is 18.1 Å². The topological polar surface area (TPSA) is 17.1 Å².